The van der Waals surface area contributed by atoms with E-state index in [1.807, 2.05) is 71.5 Å². The summed E-state index contributed by atoms with van der Waals surface area (Å²) in [5.74, 6) is 1.12. The number of aryl methyl sites for hydroxylation is 2. The summed E-state index contributed by atoms with van der Waals surface area (Å²) in [5, 5.41) is 13.6. The summed E-state index contributed by atoms with van der Waals surface area (Å²) in [4.78, 5) is 14.7. The van der Waals surface area contributed by atoms with E-state index in [1.165, 1.54) is 21.7 Å². The predicted molar refractivity (Wildman–Crippen MR) is 171 cm³/mol. The number of rotatable bonds is 6. The summed E-state index contributed by atoms with van der Waals surface area (Å²) in [7, 11) is 0. The number of fused-ring (bicyclic) bond motifs is 2. The van der Waals surface area contributed by atoms with Crippen LogP contribution in [0.4, 0.5) is 5.69 Å². The normalized spacial score (nSPS) is 19.6. The Morgan fingerprint density at radius 3 is 2.51 bits per heavy atom. The minimum Gasteiger partial charge on any atom is -0.508 e. The highest BCUT2D eigenvalue weighted by Crippen LogP contribution is 2.45. The molecule has 0 amide bonds. The molecule has 0 bridgehead atoms. The van der Waals surface area contributed by atoms with Gasteiger partial charge in [0.2, 0.25) is 0 Å². The van der Waals surface area contributed by atoms with Crippen LogP contribution in [0.5, 0.6) is 5.75 Å². The fraction of sp³-hybridized carbons (Fsp3) is 0.400. The highest BCUT2D eigenvalue weighted by Gasteiger charge is 2.31. The van der Waals surface area contributed by atoms with Gasteiger partial charge in [-0.1, -0.05) is 90.2 Å². The van der Waals surface area contributed by atoms with Crippen LogP contribution in [0.1, 0.15) is 94.3 Å². The van der Waals surface area contributed by atoms with Gasteiger partial charge in [-0.25, -0.2) is 0 Å². The summed E-state index contributed by atoms with van der Waals surface area (Å²) in [6.07, 6.45) is 2.85. The number of Topliss-reactive ketones (excluding diaryl/α,β-unsaturated/α-hetero) is 1. The average Bonchev–Trinajstić information content (AvgIpc) is 3.36. The zero-order chi connectivity index (χ0) is 28.7. The molecule has 3 nitrogen and oxygen atoms in total. The number of carbonyl (C=O) groups is 1. The van der Waals surface area contributed by atoms with E-state index in [0.29, 0.717) is 5.92 Å². The number of nitrogens with one attached hydrogen (secondary N) is 1. The first kappa shape index (κ1) is 30.6. The topological polar surface area (TPSA) is 49.3 Å². The van der Waals surface area contributed by atoms with Crippen molar-refractivity contribution in [3.8, 4) is 5.75 Å². The molecular weight excluding hydrogens is 498 g/mol. The van der Waals surface area contributed by atoms with Crippen LogP contribution in [0.15, 0.2) is 72.1 Å². The van der Waals surface area contributed by atoms with Crippen molar-refractivity contribution < 1.29 is 11.3 Å². The Morgan fingerprint density at radius 2 is 1.82 bits per heavy atom. The monoisotopic (exact) mass is 545 g/mol. The Labute approximate surface area is 241 Å². The number of anilines is 1. The van der Waals surface area contributed by atoms with Crippen molar-refractivity contribution in [1.82, 2.24) is 0 Å². The molecule has 1 aliphatic carbocycles. The lowest BCUT2D eigenvalue weighted by Gasteiger charge is -2.34. The number of hydrogen-bond donors (Lipinski definition) is 2. The van der Waals surface area contributed by atoms with E-state index in [1.54, 1.807) is 12.1 Å². The third-order valence-corrected chi connectivity index (χ3v) is 8.82. The van der Waals surface area contributed by atoms with E-state index < -0.39 is 0 Å². The van der Waals surface area contributed by atoms with Crippen molar-refractivity contribution in [2.75, 3.05) is 5.32 Å². The molecule has 0 saturated heterocycles. The minimum absolute atomic E-state index is 0. The predicted octanol–water partition coefficient (Wildman–Crippen LogP) is 10.1. The van der Waals surface area contributed by atoms with Gasteiger partial charge < -0.3 is 10.4 Å². The average molecular weight is 546 g/mol. The lowest BCUT2D eigenvalue weighted by atomic mass is 9.70. The van der Waals surface area contributed by atoms with E-state index >= 15 is 0 Å². The quantitative estimate of drug-likeness (QED) is 0.303. The van der Waals surface area contributed by atoms with Gasteiger partial charge in [0, 0.05) is 29.4 Å². The van der Waals surface area contributed by atoms with Gasteiger partial charge in [-0.05, 0) is 90.3 Å². The molecule has 39 heavy (non-hydrogen) atoms. The summed E-state index contributed by atoms with van der Waals surface area (Å²) < 4.78 is 0. The molecule has 4 atom stereocenters. The number of ketones is 1. The fourth-order valence-corrected chi connectivity index (χ4v) is 7.00. The molecule has 2 aliphatic rings. The molecule has 5 rings (SSSR count). The Hall–Kier alpha value is -2.98. The maximum absolute atomic E-state index is 13.4. The lowest BCUT2D eigenvalue weighted by Crippen LogP contribution is -2.22. The molecule has 0 fully saturated rings. The first-order valence-electron chi connectivity index (χ1n) is 14.5. The summed E-state index contributed by atoms with van der Waals surface area (Å²) in [6.45, 7) is 18.9. The first-order chi connectivity index (χ1) is 18.8. The molecule has 2 N–H and O–H groups in total. The SMILES string of the molecule is C=C(c1ccc(O)cc1C)C1c2ccc(C(=O)C(C)CC3Nc4ccccc4S3)cc2CCC1C.CC.CC.[HH]. The molecule has 0 saturated carbocycles. The van der Waals surface area contributed by atoms with Gasteiger partial charge in [0.1, 0.15) is 5.75 Å². The third-order valence-electron chi connectivity index (χ3n) is 7.62. The Bertz CT molecular complexity index is 1280. The molecule has 4 heteroatoms. The molecule has 4 unspecified atom stereocenters. The van der Waals surface area contributed by atoms with Crippen molar-refractivity contribution in [2.24, 2.45) is 11.8 Å². The second-order valence-electron chi connectivity index (χ2n) is 10.2. The number of hydrogen-bond acceptors (Lipinski definition) is 4. The fourth-order valence-electron chi connectivity index (χ4n) is 5.71. The molecule has 210 valence electrons. The van der Waals surface area contributed by atoms with Gasteiger partial charge in [-0.15, -0.1) is 0 Å². The number of aromatic hydroxyl groups is 1. The number of thioether (sulfide) groups is 1. The maximum atomic E-state index is 13.4. The zero-order valence-corrected chi connectivity index (χ0v) is 25.5. The Balaban J connectivity index is 0.00000107. The molecule has 0 radical (unpaired) electrons. The van der Waals surface area contributed by atoms with Gasteiger partial charge in [0.05, 0.1) is 5.37 Å². The van der Waals surface area contributed by atoms with E-state index in [-0.39, 0.29) is 30.2 Å². The van der Waals surface area contributed by atoms with Gasteiger partial charge in [0.25, 0.3) is 0 Å². The summed E-state index contributed by atoms with van der Waals surface area (Å²) in [6, 6.07) is 20.2. The molecule has 3 aromatic rings. The van der Waals surface area contributed by atoms with Crippen LogP contribution >= 0.6 is 11.8 Å². The highest BCUT2D eigenvalue weighted by molar-refractivity contribution is 8.00. The van der Waals surface area contributed by atoms with Crippen LogP contribution in [0, 0.1) is 18.8 Å². The van der Waals surface area contributed by atoms with E-state index in [0.717, 1.165) is 41.5 Å². The zero-order valence-electron chi connectivity index (χ0n) is 24.7. The Kier molecular flexibility index (Phi) is 10.9. The lowest BCUT2D eigenvalue weighted by molar-refractivity contribution is 0.0924. The number of phenolic OH excluding ortho intramolecular Hbond substituents is 1. The van der Waals surface area contributed by atoms with Crippen LogP contribution in [0.25, 0.3) is 5.57 Å². The summed E-state index contributed by atoms with van der Waals surface area (Å²) >= 11 is 1.81. The van der Waals surface area contributed by atoms with Crippen molar-refractivity contribution in [1.29, 1.82) is 0 Å². The number of allylic oxidation sites excluding steroid dienone is 1. The van der Waals surface area contributed by atoms with E-state index in [2.05, 4.69) is 49.2 Å². The van der Waals surface area contributed by atoms with Crippen LogP contribution < -0.4 is 5.32 Å². The molecule has 1 heterocycles. The van der Waals surface area contributed by atoms with Crippen molar-refractivity contribution in [3.05, 3.63) is 95.1 Å². The molecule has 0 spiro atoms. The van der Waals surface area contributed by atoms with Crippen molar-refractivity contribution >= 4 is 28.8 Å². The van der Waals surface area contributed by atoms with E-state index in [4.69, 9.17) is 0 Å². The van der Waals surface area contributed by atoms with Gasteiger partial charge in [0.15, 0.2) is 5.78 Å². The number of para-hydroxylation sites is 1. The van der Waals surface area contributed by atoms with E-state index in [9.17, 15) is 9.90 Å². The van der Waals surface area contributed by atoms with Crippen molar-refractivity contribution in [3.63, 3.8) is 0 Å². The first-order valence-corrected chi connectivity index (χ1v) is 15.4. The summed E-state index contributed by atoms with van der Waals surface area (Å²) in [5.41, 5.74) is 7.77. The van der Waals surface area contributed by atoms with Crippen molar-refractivity contribution in [2.45, 2.75) is 83.9 Å². The maximum Gasteiger partial charge on any atom is 0.165 e. The standard InChI is InChI=1S/C31H33NO2S.2C2H6.H2/c1-18-9-10-22-17-23(31(34)20(3)16-29-32-27-7-5-6-8-28(27)35-29)11-13-26(22)30(18)21(4)25-14-12-24(33)15-19(25)2;2*1-2;/h5-8,11-15,17-18,20,29-30,32-33H,4,9-10,16H2,1-3H3;2*1-2H3;1H. The van der Waals surface area contributed by atoms with Gasteiger partial charge in [-0.3, -0.25) is 4.79 Å². The molecular formula is C35H47NO2S. The van der Waals surface area contributed by atoms with Crippen LogP contribution in [0.3, 0.4) is 0 Å². The van der Waals surface area contributed by atoms with Crippen LogP contribution in [-0.4, -0.2) is 16.3 Å². The Morgan fingerprint density at radius 1 is 1.10 bits per heavy atom. The van der Waals surface area contributed by atoms with Gasteiger partial charge >= 0.3 is 0 Å². The second-order valence-corrected chi connectivity index (χ2v) is 11.4. The second kappa shape index (κ2) is 13.9. The molecule has 0 aromatic heterocycles. The number of benzene rings is 3. The van der Waals surface area contributed by atoms with Crippen LogP contribution in [0.2, 0.25) is 0 Å². The third kappa shape index (κ3) is 6.78. The number of phenols is 1. The molecule has 1 aliphatic heterocycles. The highest BCUT2D eigenvalue weighted by atomic mass is 32.2. The molecule has 3 aromatic carbocycles. The van der Waals surface area contributed by atoms with Crippen LogP contribution in [-0.2, 0) is 6.42 Å². The smallest absolute Gasteiger partial charge is 0.165 e. The van der Waals surface area contributed by atoms with Gasteiger partial charge in [-0.2, -0.15) is 0 Å². The minimum atomic E-state index is -0.0553. The number of carbonyl (C=O) groups excluding carboxylic acids is 1. The largest absolute Gasteiger partial charge is 0.508 e.